The molecule has 0 radical (unpaired) electrons. The maximum Gasteiger partial charge on any atom is 0.416 e. The quantitative estimate of drug-likeness (QED) is 0.923. The van der Waals surface area contributed by atoms with Gasteiger partial charge in [-0.15, -0.1) is 0 Å². The monoisotopic (exact) mass is 291 g/mol. The number of benzene rings is 1. The first kappa shape index (κ1) is 14.5. The van der Waals surface area contributed by atoms with E-state index in [-0.39, 0.29) is 11.4 Å². The van der Waals surface area contributed by atoms with E-state index in [0.29, 0.717) is 5.56 Å². The van der Waals surface area contributed by atoms with Crippen LogP contribution in [-0.4, -0.2) is 10.9 Å². The lowest BCUT2D eigenvalue weighted by Gasteiger charge is -2.08. The lowest BCUT2D eigenvalue weighted by atomic mass is 10.2. The molecule has 0 atom stereocenters. The zero-order chi connectivity index (χ0) is 15.5. The molecule has 0 fully saturated rings. The molecule has 0 aliphatic rings. The molecular weight excluding hydrogens is 283 g/mol. The van der Waals surface area contributed by atoms with Gasteiger partial charge in [-0.25, -0.2) is 4.98 Å². The van der Waals surface area contributed by atoms with Crippen LogP contribution < -0.4 is 5.32 Å². The average molecular weight is 291 g/mol. The van der Waals surface area contributed by atoms with Crippen molar-refractivity contribution in [3.8, 4) is 6.07 Å². The Bertz CT molecular complexity index is 685. The number of amides is 1. The van der Waals surface area contributed by atoms with Gasteiger partial charge in [0.2, 0.25) is 0 Å². The second-order valence-corrected chi connectivity index (χ2v) is 4.07. The molecule has 0 saturated heterocycles. The summed E-state index contributed by atoms with van der Waals surface area (Å²) in [4.78, 5) is 15.6. The number of carbonyl (C=O) groups excluding carboxylic acids is 1. The van der Waals surface area contributed by atoms with E-state index in [0.717, 1.165) is 24.3 Å². The van der Waals surface area contributed by atoms with Crippen molar-refractivity contribution in [2.45, 2.75) is 6.18 Å². The van der Waals surface area contributed by atoms with E-state index in [9.17, 15) is 18.0 Å². The van der Waals surface area contributed by atoms with Crippen LogP contribution in [0, 0.1) is 11.3 Å². The standard InChI is InChI=1S/C14H8F3N3O/c15-14(16,17)10-2-4-11(5-3-10)20-13(21)12-6-1-9(7-18)8-19-12/h1-6,8H,(H,20,21). The number of alkyl halides is 3. The molecule has 0 bridgehead atoms. The fraction of sp³-hybridized carbons (Fsp3) is 0.0714. The van der Waals surface area contributed by atoms with Gasteiger partial charge >= 0.3 is 6.18 Å². The Hall–Kier alpha value is -2.88. The van der Waals surface area contributed by atoms with Gasteiger partial charge in [0.05, 0.1) is 11.1 Å². The van der Waals surface area contributed by atoms with Gasteiger partial charge in [-0.05, 0) is 36.4 Å². The number of rotatable bonds is 2. The molecule has 0 aliphatic heterocycles. The highest BCUT2D eigenvalue weighted by Gasteiger charge is 2.29. The molecule has 0 spiro atoms. The number of nitriles is 1. The van der Waals surface area contributed by atoms with Gasteiger partial charge in [0.1, 0.15) is 11.8 Å². The molecule has 4 nitrogen and oxygen atoms in total. The first-order valence-electron chi connectivity index (χ1n) is 5.75. The molecule has 0 saturated carbocycles. The van der Waals surface area contributed by atoms with Crippen molar-refractivity contribution in [2.24, 2.45) is 0 Å². The number of anilines is 1. The minimum absolute atomic E-state index is 0.0638. The van der Waals surface area contributed by atoms with Crippen LogP contribution in [0.1, 0.15) is 21.6 Å². The summed E-state index contributed by atoms with van der Waals surface area (Å²) < 4.78 is 37.2. The highest BCUT2D eigenvalue weighted by Crippen LogP contribution is 2.29. The third-order valence-corrected chi connectivity index (χ3v) is 2.60. The van der Waals surface area contributed by atoms with E-state index in [1.54, 1.807) is 0 Å². The van der Waals surface area contributed by atoms with Gasteiger partial charge in [-0.1, -0.05) is 0 Å². The minimum Gasteiger partial charge on any atom is -0.321 e. The van der Waals surface area contributed by atoms with Gasteiger partial charge in [0.15, 0.2) is 0 Å². The fourth-order valence-corrected chi connectivity index (χ4v) is 1.53. The number of nitrogens with zero attached hydrogens (tertiary/aromatic N) is 2. The zero-order valence-corrected chi connectivity index (χ0v) is 10.5. The van der Waals surface area contributed by atoms with Crippen LogP contribution in [0.5, 0.6) is 0 Å². The van der Waals surface area contributed by atoms with Crippen LogP contribution in [0.3, 0.4) is 0 Å². The number of aromatic nitrogens is 1. The molecule has 1 amide bonds. The zero-order valence-electron chi connectivity index (χ0n) is 10.5. The molecule has 2 rings (SSSR count). The van der Waals surface area contributed by atoms with Crippen LogP contribution in [0.25, 0.3) is 0 Å². The molecule has 1 aromatic heterocycles. The second-order valence-electron chi connectivity index (χ2n) is 4.07. The van der Waals surface area contributed by atoms with Crippen molar-refractivity contribution in [1.82, 2.24) is 4.98 Å². The highest BCUT2D eigenvalue weighted by molar-refractivity contribution is 6.02. The Morgan fingerprint density at radius 1 is 1.14 bits per heavy atom. The van der Waals surface area contributed by atoms with E-state index >= 15 is 0 Å². The van der Waals surface area contributed by atoms with Crippen molar-refractivity contribution in [2.75, 3.05) is 5.32 Å². The van der Waals surface area contributed by atoms with Gasteiger partial charge in [-0.2, -0.15) is 18.4 Å². The number of halogens is 3. The lowest BCUT2D eigenvalue weighted by Crippen LogP contribution is -2.14. The molecular formula is C14H8F3N3O. The Kier molecular flexibility index (Phi) is 3.89. The summed E-state index contributed by atoms with van der Waals surface area (Å²) in [5.74, 6) is -0.570. The third kappa shape index (κ3) is 3.57. The van der Waals surface area contributed by atoms with E-state index in [1.165, 1.54) is 18.3 Å². The molecule has 1 heterocycles. The minimum atomic E-state index is -4.42. The smallest absolute Gasteiger partial charge is 0.321 e. The molecule has 7 heteroatoms. The van der Waals surface area contributed by atoms with Crippen molar-refractivity contribution in [3.05, 3.63) is 59.4 Å². The molecule has 1 N–H and O–H groups in total. The van der Waals surface area contributed by atoms with Crippen molar-refractivity contribution >= 4 is 11.6 Å². The summed E-state index contributed by atoms with van der Waals surface area (Å²) in [6.07, 6.45) is -3.18. The summed E-state index contributed by atoms with van der Waals surface area (Å²) in [6, 6.07) is 8.71. The topological polar surface area (TPSA) is 65.8 Å². The van der Waals surface area contributed by atoms with E-state index in [4.69, 9.17) is 5.26 Å². The second kappa shape index (κ2) is 5.63. The molecule has 106 valence electrons. The summed E-state index contributed by atoms with van der Waals surface area (Å²) in [6.45, 7) is 0. The number of nitrogens with one attached hydrogen (secondary N) is 1. The number of carbonyl (C=O) groups is 1. The van der Waals surface area contributed by atoms with Crippen molar-refractivity contribution < 1.29 is 18.0 Å². The number of pyridine rings is 1. The predicted molar refractivity (Wildman–Crippen MR) is 68.3 cm³/mol. The number of hydrogen-bond donors (Lipinski definition) is 1. The lowest BCUT2D eigenvalue weighted by molar-refractivity contribution is -0.137. The Labute approximate surface area is 117 Å². The molecule has 0 unspecified atom stereocenters. The largest absolute Gasteiger partial charge is 0.416 e. The van der Waals surface area contributed by atoms with Crippen LogP contribution in [-0.2, 0) is 6.18 Å². The molecule has 1 aromatic carbocycles. The number of hydrogen-bond acceptors (Lipinski definition) is 3. The van der Waals surface area contributed by atoms with E-state index < -0.39 is 17.6 Å². The molecule has 0 aliphatic carbocycles. The van der Waals surface area contributed by atoms with Gasteiger partial charge < -0.3 is 5.32 Å². The SMILES string of the molecule is N#Cc1ccc(C(=O)Nc2ccc(C(F)(F)F)cc2)nc1. The van der Waals surface area contributed by atoms with Gasteiger partial charge in [-0.3, -0.25) is 4.79 Å². The normalized spacial score (nSPS) is 10.8. The third-order valence-electron chi connectivity index (χ3n) is 2.60. The maximum atomic E-state index is 12.4. The first-order valence-corrected chi connectivity index (χ1v) is 5.75. The summed E-state index contributed by atoms with van der Waals surface area (Å²) in [5.41, 5.74) is -0.203. The van der Waals surface area contributed by atoms with Crippen molar-refractivity contribution in [1.29, 1.82) is 5.26 Å². The van der Waals surface area contributed by atoms with E-state index in [2.05, 4.69) is 10.3 Å². The Morgan fingerprint density at radius 2 is 1.81 bits per heavy atom. The molecule has 21 heavy (non-hydrogen) atoms. The van der Waals surface area contributed by atoms with Crippen LogP contribution in [0.2, 0.25) is 0 Å². The summed E-state index contributed by atoms with van der Waals surface area (Å²) in [5, 5.41) is 11.0. The van der Waals surface area contributed by atoms with Crippen LogP contribution >= 0.6 is 0 Å². The van der Waals surface area contributed by atoms with Crippen LogP contribution in [0.15, 0.2) is 42.6 Å². The fourth-order valence-electron chi connectivity index (χ4n) is 1.53. The van der Waals surface area contributed by atoms with Crippen molar-refractivity contribution in [3.63, 3.8) is 0 Å². The summed E-state index contributed by atoms with van der Waals surface area (Å²) in [7, 11) is 0. The highest BCUT2D eigenvalue weighted by atomic mass is 19.4. The van der Waals surface area contributed by atoms with Crippen LogP contribution in [0.4, 0.5) is 18.9 Å². The van der Waals surface area contributed by atoms with Gasteiger partial charge in [0.25, 0.3) is 5.91 Å². The summed E-state index contributed by atoms with van der Waals surface area (Å²) >= 11 is 0. The Balaban J connectivity index is 2.10. The maximum absolute atomic E-state index is 12.4. The molecule has 2 aromatic rings. The predicted octanol–water partition coefficient (Wildman–Crippen LogP) is 3.22. The van der Waals surface area contributed by atoms with Gasteiger partial charge in [0, 0.05) is 11.9 Å². The Morgan fingerprint density at radius 3 is 2.29 bits per heavy atom. The first-order chi connectivity index (χ1) is 9.90. The van der Waals surface area contributed by atoms with E-state index in [1.807, 2.05) is 6.07 Å². The average Bonchev–Trinajstić information content (AvgIpc) is 2.47.